The van der Waals surface area contributed by atoms with Crippen LogP contribution in [-0.4, -0.2) is 41.3 Å². The highest BCUT2D eigenvalue weighted by atomic mass is 16.5. The molecule has 7 nitrogen and oxygen atoms in total. The van der Waals surface area contributed by atoms with E-state index in [1.54, 1.807) is 0 Å². The first-order valence-corrected chi connectivity index (χ1v) is 12.6. The number of benzene rings is 2. The molecule has 0 aromatic heterocycles. The number of aliphatic carboxylic acids is 1. The van der Waals surface area contributed by atoms with E-state index in [0.29, 0.717) is 0 Å². The van der Waals surface area contributed by atoms with Crippen LogP contribution in [-0.2, 0) is 14.3 Å². The Hall–Kier alpha value is -3.35. The lowest BCUT2D eigenvalue weighted by Gasteiger charge is -2.38. The lowest BCUT2D eigenvalue weighted by atomic mass is 9.79. The van der Waals surface area contributed by atoms with E-state index in [4.69, 9.17) is 9.84 Å². The van der Waals surface area contributed by atoms with Crippen LogP contribution in [0.1, 0.15) is 75.3 Å². The van der Waals surface area contributed by atoms with Crippen molar-refractivity contribution in [1.29, 1.82) is 0 Å². The molecule has 0 spiro atoms. The summed E-state index contributed by atoms with van der Waals surface area (Å²) in [5, 5.41) is 14.9. The molecular formula is C28H34N2O5. The minimum absolute atomic E-state index is 0.00512. The van der Waals surface area contributed by atoms with E-state index in [1.807, 2.05) is 36.4 Å². The molecule has 1 unspecified atom stereocenters. The number of rotatable bonds is 9. The Morgan fingerprint density at radius 3 is 2.17 bits per heavy atom. The normalized spacial score (nSPS) is 17.1. The molecule has 1 atom stereocenters. The summed E-state index contributed by atoms with van der Waals surface area (Å²) < 4.78 is 5.59. The SMILES string of the molecule is CCC1(NC(=O)C(CCC(=O)O)NC(=O)OCC2c3ccccc3-c3ccccc32)CCCCC1. The molecule has 186 valence electrons. The standard InChI is InChI=1S/C28H34N2O5/c1-2-28(16-8-3-9-17-28)30-26(33)24(14-15-25(31)32)29-27(34)35-18-23-21-12-6-4-10-19(21)20-11-5-7-13-22(20)23/h4-7,10-13,23-24H,2-3,8-9,14-18H2,1H3,(H,29,34)(H,30,33)(H,31,32). The van der Waals surface area contributed by atoms with Crippen molar-refractivity contribution in [2.75, 3.05) is 6.61 Å². The Bertz CT molecular complexity index is 1030. The van der Waals surface area contributed by atoms with Crippen LogP contribution in [0, 0.1) is 0 Å². The van der Waals surface area contributed by atoms with Crippen molar-refractivity contribution in [3.63, 3.8) is 0 Å². The third-order valence-corrected chi connectivity index (χ3v) is 7.47. The fourth-order valence-corrected chi connectivity index (χ4v) is 5.46. The summed E-state index contributed by atoms with van der Waals surface area (Å²) in [5.41, 5.74) is 4.17. The number of alkyl carbamates (subject to hydrolysis) is 1. The van der Waals surface area contributed by atoms with Crippen LogP contribution in [0.3, 0.4) is 0 Å². The van der Waals surface area contributed by atoms with Crippen molar-refractivity contribution in [2.24, 2.45) is 0 Å². The summed E-state index contributed by atoms with van der Waals surface area (Å²) in [5.74, 6) is -1.45. The predicted octanol–water partition coefficient (Wildman–Crippen LogP) is 4.99. The van der Waals surface area contributed by atoms with E-state index >= 15 is 0 Å². The number of amides is 2. The topological polar surface area (TPSA) is 105 Å². The highest BCUT2D eigenvalue weighted by molar-refractivity contribution is 5.87. The number of carbonyl (C=O) groups is 3. The van der Waals surface area contributed by atoms with E-state index in [1.165, 1.54) is 0 Å². The van der Waals surface area contributed by atoms with Gasteiger partial charge in [0.05, 0.1) is 0 Å². The highest BCUT2D eigenvalue weighted by Crippen LogP contribution is 2.44. The summed E-state index contributed by atoms with van der Waals surface area (Å²) in [6.07, 6.45) is 4.91. The second kappa shape index (κ2) is 10.9. The molecule has 0 aliphatic heterocycles. The number of carboxylic acids is 1. The molecule has 2 aliphatic rings. The first-order valence-electron chi connectivity index (χ1n) is 12.6. The molecule has 2 aromatic carbocycles. The van der Waals surface area contributed by atoms with Gasteiger partial charge < -0.3 is 20.5 Å². The van der Waals surface area contributed by atoms with Gasteiger partial charge in [0.15, 0.2) is 0 Å². The first-order chi connectivity index (χ1) is 16.9. The average Bonchev–Trinajstić information content (AvgIpc) is 3.19. The maximum Gasteiger partial charge on any atom is 0.407 e. The van der Waals surface area contributed by atoms with Crippen molar-refractivity contribution in [3.8, 4) is 11.1 Å². The molecule has 35 heavy (non-hydrogen) atoms. The number of carbonyl (C=O) groups excluding carboxylic acids is 2. The third-order valence-electron chi connectivity index (χ3n) is 7.47. The highest BCUT2D eigenvalue weighted by Gasteiger charge is 2.35. The molecule has 1 fully saturated rings. The largest absolute Gasteiger partial charge is 0.481 e. The smallest absolute Gasteiger partial charge is 0.407 e. The Morgan fingerprint density at radius 2 is 1.60 bits per heavy atom. The van der Waals surface area contributed by atoms with Crippen LogP contribution in [0.5, 0.6) is 0 Å². The second-order valence-electron chi connectivity index (χ2n) is 9.64. The molecular weight excluding hydrogens is 444 g/mol. The number of hydrogen-bond acceptors (Lipinski definition) is 4. The van der Waals surface area contributed by atoms with E-state index in [0.717, 1.165) is 60.8 Å². The molecule has 2 aromatic rings. The predicted molar refractivity (Wildman–Crippen MR) is 133 cm³/mol. The minimum Gasteiger partial charge on any atom is -0.481 e. The summed E-state index contributed by atoms with van der Waals surface area (Å²) in [7, 11) is 0. The Morgan fingerprint density at radius 1 is 1.00 bits per heavy atom. The van der Waals surface area contributed by atoms with Gasteiger partial charge in [-0.25, -0.2) is 4.79 Å². The lowest BCUT2D eigenvalue weighted by molar-refractivity contribution is -0.137. The Balaban J connectivity index is 1.42. The summed E-state index contributed by atoms with van der Waals surface area (Å²) >= 11 is 0. The monoisotopic (exact) mass is 478 g/mol. The number of nitrogens with one attached hydrogen (secondary N) is 2. The molecule has 2 aliphatic carbocycles. The minimum atomic E-state index is -1.01. The second-order valence-corrected chi connectivity index (χ2v) is 9.64. The lowest BCUT2D eigenvalue weighted by Crippen LogP contribution is -2.56. The van der Waals surface area contributed by atoms with Gasteiger partial charge in [-0.3, -0.25) is 9.59 Å². The number of ether oxygens (including phenoxy) is 1. The zero-order valence-electron chi connectivity index (χ0n) is 20.2. The van der Waals surface area contributed by atoms with Crippen molar-refractivity contribution in [3.05, 3.63) is 59.7 Å². The molecule has 7 heteroatoms. The van der Waals surface area contributed by atoms with Crippen LogP contribution < -0.4 is 10.6 Å². The van der Waals surface area contributed by atoms with Crippen molar-refractivity contribution in [2.45, 2.75) is 75.8 Å². The maximum absolute atomic E-state index is 13.1. The van der Waals surface area contributed by atoms with Crippen LogP contribution in [0.15, 0.2) is 48.5 Å². The molecule has 0 saturated heterocycles. The first kappa shape index (κ1) is 24.8. The summed E-state index contributed by atoms with van der Waals surface area (Å²) in [6.45, 7) is 2.18. The number of fused-ring (bicyclic) bond motifs is 3. The van der Waals surface area contributed by atoms with Gasteiger partial charge in [0.1, 0.15) is 12.6 Å². The Labute approximate surface area is 206 Å². The number of carboxylic acid groups (broad SMARTS) is 1. The van der Waals surface area contributed by atoms with E-state index in [-0.39, 0.29) is 36.8 Å². The van der Waals surface area contributed by atoms with E-state index < -0.39 is 18.1 Å². The van der Waals surface area contributed by atoms with Crippen LogP contribution in [0.25, 0.3) is 11.1 Å². The fourth-order valence-electron chi connectivity index (χ4n) is 5.46. The Kier molecular flexibility index (Phi) is 7.73. The van der Waals surface area contributed by atoms with Crippen molar-refractivity contribution < 1.29 is 24.2 Å². The molecule has 2 amide bonds. The molecule has 0 heterocycles. The van der Waals surface area contributed by atoms with Crippen molar-refractivity contribution in [1.82, 2.24) is 10.6 Å². The summed E-state index contributed by atoms with van der Waals surface area (Å²) in [6, 6.07) is 15.2. The molecule has 0 radical (unpaired) electrons. The zero-order chi connectivity index (χ0) is 24.8. The van der Waals surface area contributed by atoms with Gasteiger partial charge in [0, 0.05) is 17.9 Å². The van der Waals surface area contributed by atoms with Crippen LogP contribution in [0.2, 0.25) is 0 Å². The molecule has 4 rings (SSSR count). The van der Waals surface area contributed by atoms with Crippen LogP contribution >= 0.6 is 0 Å². The fraction of sp³-hybridized carbons (Fsp3) is 0.464. The van der Waals surface area contributed by atoms with Gasteiger partial charge in [-0.1, -0.05) is 74.7 Å². The van der Waals surface area contributed by atoms with Gasteiger partial charge in [-0.15, -0.1) is 0 Å². The van der Waals surface area contributed by atoms with Gasteiger partial charge in [0.2, 0.25) is 5.91 Å². The molecule has 1 saturated carbocycles. The van der Waals surface area contributed by atoms with Gasteiger partial charge in [-0.2, -0.15) is 0 Å². The van der Waals surface area contributed by atoms with Crippen molar-refractivity contribution >= 4 is 18.0 Å². The molecule has 3 N–H and O–H groups in total. The van der Waals surface area contributed by atoms with Gasteiger partial charge in [-0.05, 0) is 47.9 Å². The van der Waals surface area contributed by atoms with Gasteiger partial charge in [0.25, 0.3) is 0 Å². The number of hydrogen-bond donors (Lipinski definition) is 3. The quantitative estimate of drug-likeness (QED) is 0.471. The van der Waals surface area contributed by atoms with E-state index in [2.05, 4.69) is 29.7 Å². The van der Waals surface area contributed by atoms with Gasteiger partial charge >= 0.3 is 12.1 Å². The average molecular weight is 479 g/mol. The summed E-state index contributed by atoms with van der Waals surface area (Å²) in [4.78, 5) is 37.1. The maximum atomic E-state index is 13.1. The third kappa shape index (κ3) is 5.66. The van der Waals surface area contributed by atoms with Crippen LogP contribution in [0.4, 0.5) is 4.79 Å². The van der Waals surface area contributed by atoms with E-state index in [9.17, 15) is 14.4 Å². The zero-order valence-corrected chi connectivity index (χ0v) is 20.2. The molecule has 0 bridgehead atoms.